The van der Waals surface area contributed by atoms with Gasteiger partial charge in [-0.2, -0.15) is 24.5 Å². The Kier molecular flexibility index (Phi) is 6.25. The van der Waals surface area contributed by atoms with Crippen molar-refractivity contribution in [3.05, 3.63) is 46.2 Å². The van der Waals surface area contributed by atoms with E-state index in [0.29, 0.717) is 19.4 Å². The van der Waals surface area contributed by atoms with Gasteiger partial charge < -0.3 is 10.1 Å². The molecule has 0 fully saturated rings. The number of nitrogens with one attached hydrogen (secondary N) is 1. The minimum Gasteiger partial charge on any atom is -0.491 e. The standard InChI is InChI=1S/C17H18F3NO2S/c1-2-8-23-15-5-4-13(17(18,19)20)10-14(15)21-16(22)6-3-12-7-9-24-11-12/h4-5,7,9-11H,2-3,6,8H2,1H3,(H,21,22). The number of carbonyl (C=O) groups is 1. The number of ether oxygens (including phenoxy) is 1. The zero-order chi connectivity index (χ0) is 17.6. The molecule has 0 aliphatic heterocycles. The number of halogens is 3. The Bertz CT molecular complexity index is 669. The van der Waals surface area contributed by atoms with Crippen LogP contribution in [0.3, 0.4) is 0 Å². The van der Waals surface area contributed by atoms with Crippen LogP contribution in [0.5, 0.6) is 5.75 Å². The Labute approximate surface area is 142 Å². The lowest BCUT2D eigenvalue weighted by Gasteiger charge is -2.15. The zero-order valence-electron chi connectivity index (χ0n) is 13.2. The lowest BCUT2D eigenvalue weighted by Crippen LogP contribution is -2.15. The molecule has 1 heterocycles. The van der Waals surface area contributed by atoms with Gasteiger partial charge in [-0.25, -0.2) is 0 Å². The van der Waals surface area contributed by atoms with Crippen LogP contribution in [-0.4, -0.2) is 12.5 Å². The van der Waals surface area contributed by atoms with E-state index in [4.69, 9.17) is 4.74 Å². The summed E-state index contributed by atoms with van der Waals surface area (Å²) in [6, 6.07) is 5.02. The largest absolute Gasteiger partial charge is 0.491 e. The van der Waals surface area contributed by atoms with Gasteiger partial charge in [-0.15, -0.1) is 0 Å². The van der Waals surface area contributed by atoms with Crippen molar-refractivity contribution in [1.82, 2.24) is 0 Å². The first-order chi connectivity index (χ1) is 11.4. The molecule has 3 nitrogen and oxygen atoms in total. The second-order valence-corrected chi connectivity index (χ2v) is 6.02. The zero-order valence-corrected chi connectivity index (χ0v) is 14.0. The first-order valence-electron chi connectivity index (χ1n) is 7.55. The molecule has 0 aliphatic carbocycles. The van der Waals surface area contributed by atoms with Crippen LogP contribution in [0.25, 0.3) is 0 Å². The van der Waals surface area contributed by atoms with Crippen molar-refractivity contribution >= 4 is 22.9 Å². The highest BCUT2D eigenvalue weighted by Gasteiger charge is 2.31. The SMILES string of the molecule is CCCOc1ccc(C(F)(F)F)cc1NC(=O)CCc1ccsc1. The Balaban J connectivity index is 2.10. The third kappa shape index (κ3) is 5.26. The fourth-order valence-corrected chi connectivity index (χ4v) is 2.75. The van der Waals surface area contributed by atoms with Crippen LogP contribution in [0, 0.1) is 0 Å². The molecule has 0 atom stereocenters. The average Bonchev–Trinajstić information content (AvgIpc) is 3.04. The number of rotatable bonds is 7. The molecule has 1 amide bonds. The van der Waals surface area contributed by atoms with Crippen LogP contribution in [0.2, 0.25) is 0 Å². The number of amides is 1. The third-order valence-electron chi connectivity index (χ3n) is 3.26. The molecular weight excluding hydrogens is 339 g/mol. The van der Waals surface area contributed by atoms with E-state index in [1.807, 2.05) is 23.8 Å². The van der Waals surface area contributed by atoms with E-state index in [2.05, 4.69) is 5.32 Å². The summed E-state index contributed by atoms with van der Waals surface area (Å²) in [5, 5.41) is 6.39. The molecule has 2 rings (SSSR count). The van der Waals surface area contributed by atoms with E-state index >= 15 is 0 Å². The topological polar surface area (TPSA) is 38.3 Å². The number of benzene rings is 1. The van der Waals surface area contributed by atoms with Gasteiger partial charge in [0.05, 0.1) is 17.9 Å². The molecule has 130 valence electrons. The smallest absolute Gasteiger partial charge is 0.416 e. The fourth-order valence-electron chi connectivity index (χ4n) is 2.05. The summed E-state index contributed by atoms with van der Waals surface area (Å²) >= 11 is 1.53. The summed E-state index contributed by atoms with van der Waals surface area (Å²) in [7, 11) is 0. The molecule has 0 spiro atoms. The van der Waals surface area contributed by atoms with Crippen molar-refractivity contribution < 1.29 is 22.7 Å². The van der Waals surface area contributed by atoms with Gasteiger partial charge in [0.15, 0.2) is 0 Å². The molecule has 2 aromatic rings. The van der Waals surface area contributed by atoms with Crippen molar-refractivity contribution in [3.8, 4) is 5.75 Å². The quantitative estimate of drug-likeness (QED) is 0.746. The highest BCUT2D eigenvalue weighted by molar-refractivity contribution is 7.07. The van der Waals surface area contributed by atoms with E-state index in [1.54, 1.807) is 0 Å². The Morgan fingerprint density at radius 2 is 2.08 bits per heavy atom. The van der Waals surface area contributed by atoms with Gasteiger partial charge in [0.25, 0.3) is 0 Å². The fraction of sp³-hybridized carbons (Fsp3) is 0.353. The summed E-state index contributed by atoms with van der Waals surface area (Å²) in [6.45, 7) is 2.26. The van der Waals surface area contributed by atoms with Crippen molar-refractivity contribution in [3.63, 3.8) is 0 Å². The normalized spacial score (nSPS) is 11.3. The number of carbonyl (C=O) groups excluding carboxylic acids is 1. The lowest BCUT2D eigenvalue weighted by atomic mass is 10.1. The van der Waals surface area contributed by atoms with Crippen LogP contribution >= 0.6 is 11.3 Å². The van der Waals surface area contributed by atoms with Gasteiger partial charge in [-0.3, -0.25) is 4.79 Å². The van der Waals surface area contributed by atoms with Gasteiger partial charge in [0.2, 0.25) is 5.91 Å². The number of alkyl halides is 3. The van der Waals surface area contributed by atoms with Gasteiger partial charge >= 0.3 is 6.18 Å². The van der Waals surface area contributed by atoms with Crippen molar-refractivity contribution in [2.45, 2.75) is 32.4 Å². The summed E-state index contributed by atoms with van der Waals surface area (Å²) in [5.41, 5.74) is 0.259. The number of hydrogen-bond acceptors (Lipinski definition) is 3. The molecule has 0 saturated heterocycles. The highest BCUT2D eigenvalue weighted by Crippen LogP contribution is 2.35. The van der Waals surface area contributed by atoms with Crippen molar-refractivity contribution in [1.29, 1.82) is 0 Å². The van der Waals surface area contributed by atoms with Crippen molar-refractivity contribution in [2.75, 3.05) is 11.9 Å². The molecule has 0 aliphatic rings. The first kappa shape index (κ1) is 18.3. The van der Waals surface area contributed by atoms with E-state index in [-0.39, 0.29) is 23.8 Å². The van der Waals surface area contributed by atoms with Gasteiger partial charge in [0.1, 0.15) is 5.75 Å². The second-order valence-electron chi connectivity index (χ2n) is 5.24. The molecule has 0 bridgehead atoms. The lowest BCUT2D eigenvalue weighted by molar-refractivity contribution is -0.137. The molecule has 1 aromatic carbocycles. The first-order valence-corrected chi connectivity index (χ1v) is 8.49. The number of thiophene rings is 1. The number of anilines is 1. The number of hydrogen-bond donors (Lipinski definition) is 1. The monoisotopic (exact) mass is 357 g/mol. The van der Waals surface area contributed by atoms with E-state index in [1.165, 1.54) is 17.4 Å². The Morgan fingerprint density at radius 1 is 1.29 bits per heavy atom. The molecule has 7 heteroatoms. The Hall–Kier alpha value is -2.02. The molecule has 1 N–H and O–H groups in total. The van der Waals surface area contributed by atoms with Crippen LogP contribution < -0.4 is 10.1 Å². The predicted octanol–water partition coefficient (Wildman–Crippen LogP) is 5.13. The van der Waals surface area contributed by atoms with Crippen LogP contribution in [0.4, 0.5) is 18.9 Å². The van der Waals surface area contributed by atoms with E-state index in [9.17, 15) is 18.0 Å². The molecular formula is C17H18F3NO2S. The number of aryl methyl sites for hydroxylation is 1. The van der Waals surface area contributed by atoms with E-state index < -0.39 is 11.7 Å². The van der Waals surface area contributed by atoms with E-state index in [0.717, 1.165) is 17.7 Å². The third-order valence-corrected chi connectivity index (χ3v) is 4.00. The molecule has 0 radical (unpaired) electrons. The highest BCUT2D eigenvalue weighted by atomic mass is 32.1. The minimum atomic E-state index is -4.47. The maximum atomic E-state index is 12.9. The summed E-state index contributed by atoms with van der Waals surface area (Å²) in [4.78, 5) is 12.1. The summed E-state index contributed by atoms with van der Waals surface area (Å²) in [5.74, 6) is -0.101. The minimum absolute atomic E-state index is 0.0496. The Morgan fingerprint density at radius 3 is 2.71 bits per heavy atom. The molecule has 0 unspecified atom stereocenters. The predicted molar refractivity (Wildman–Crippen MR) is 88.5 cm³/mol. The maximum absolute atomic E-state index is 12.9. The summed E-state index contributed by atoms with van der Waals surface area (Å²) < 4.78 is 44.0. The van der Waals surface area contributed by atoms with Crippen molar-refractivity contribution in [2.24, 2.45) is 0 Å². The summed E-state index contributed by atoms with van der Waals surface area (Å²) in [6.07, 6.45) is -3.02. The van der Waals surface area contributed by atoms with Gasteiger partial charge in [0, 0.05) is 6.42 Å². The van der Waals surface area contributed by atoms with Crippen LogP contribution in [0.1, 0.15) is 30.9 Å². The molecule has 1 aromatic heterocycles. The second kappa shape index (κ2) is 8.19. The van der Waals surface area contributed by atoms with Crippen LogP contribution in [0.15, 0.2) is 35.0 Å². The average molecular weight is 357 g/mol. The van der Waals surface area contributed by atoms with Gasteiger partial charge in [-0.1, -0.05) is 6.92 Å². The van der Waals surface area contributed by atoms with Crippen LogP contribution in [-0.2, 0) is 17.4 Å². The maximum Gasteiger partial charge on any atom is 0.416 e. The molecule has 24 heavy (non-hydrogen) atoms. The molecule has 0 saturated carbocycles. The van der Waals surface area contributed by atoms with Gasteiger partial charge in [-0.05, 0) is 53.4 Å².